The highest BCUT2D eigenvalue weighted by atomic mass is 127. The SMILES string of the molecule is CCNC(=NCc1cc(F)ccc1CS(C)(=O)=O)NCC(C)c1ccc(F)cc1F.I. The average molecular weight is 569 g/mol. The molecule has 2 aromatic rings. The second-order valence-corrected chi connectivity index (χ2v) is 9.27. The van der Waals surface area contributed by atoms with Crippen molar-refractivity contribution in [3.05, 3.63) is 70.5 Å². The fourth-order valence-electron chi connectivity index (χ4n) is 2.93. The molecule has 0 amide bonds. The molecule has 1 atom stereocenters. The Labute approximate surface area is 198 Å². The molecule has 0 aliphatic carbocycles. The average Bonchev–Trinajstić information content (AvgIpc) is 2.64. The summed E-state index contributed by atoms with van der Waals surface area (Å²) in [6, 6.07) is 7.40. The Morgan fingerprint density at radius 3 is 2.29 bits per heavy atom. The number of nitrogens with one attached hydrogen (secondary N) is 2. The van der Waals surface area contributed by atoms with E-state index < -0.39 is 27.3 Å². The molecule has 0 radical (unpaired) electrons. The number of sulfone groups is 1. The standard InChI is InChI=1S/C21H26F3N3O2S.HI/c1-4-25-21(26-11-14(2)19-8-7-18(23)10-20(19)24)27-12-16-9-17(22)6-5-15(16)13-30(3,28)29;/h5-10,14H,4,11-13H2,1-3H3,(H2,25,26,27);1H. The predicted octanol–water partition coefficient (Wildman–Crippen LogP) is 4.13. The van der Waals surface area contributed by atoms with Crippen LogP contribution >= 0.6 is 24.0 Å². The number of nitrogens with zero attached hydrogens (tertiary/aromatic N) is 1. The van der Waals surface area contributed by atoms with E-state index in [-0.39, 0.29) is 42.2 Å². The fourth-order valence-corrected chi connectivity index (χ4v) is 3.78. The predicted molar refractivity (Wildman–Crippen MR) is 128 cm³/mol. The molecule has 0 bridgehead atoms. The summed E-state index contributed by atoms with van der Waals surface area (Å²) < 4.78 is 64.0. The van der Waals surface area contributed by atoms with Crippen LogP contribution in [0.4, 0.5) is 13.2 Å². The molecule has 2 rings (SSSR count). The quantitative estimate of drug-likeness (QED) is 0.285. The van der Waals surface area contributed by atoms with Gasteiger partial charge < -0.3 is 10.6 Å². The van der Waals surface area contributed by atoms with Gasteiger partial charge in [-0.15, -0.1) is 24.0 Å². The monoisotopic (exact) mass is 569 g/mol. The van der Waals surface area contributed by atoms with Crippen molar-refractivity contribution in [3.8, 4) is 0 Å². The molecule has 0 aliphatic rings. The van der Waals surface area contributed by atoms with Crippen molar-refractivity contribution in [2.45, 2.75) is 32.1 Å². The number of hydrogen-bond acceptors (Lipinski definition) is 3. The molecule has 0 spiro atoms. The van der Waals surface area contributed by atoms with Crippen LogP contribution in [-0.4, -0.2) is 33.7 Å². The minimum absolute atomic E-state index is 0. The lowest BCUT2D eigenvalue weighted by Gasteiger charge is -2.17. The molecular weight excluding hydrogens is 542 g/mol. The molecule has 2 N–H and O–H groups in total. The van der Waals surface area contributed by atoms with Crippen molar-refractivity contribution in [2.75, 3.05) is 19.3 Å². The number of aliphatic imine (C=N–C) groups is 1. The first-order chi connectivity index (χ1) is 14.1. The molecule has 2 aromatic carbocycles. The zero-order valence-electron chi connectivity index (χ0n) is 17.6. The van der Waals surface area contributed by atoms with Gasteiger partial charge in [0.2, 0.25) is 0 Å². The second-order valence-electron chi connectivity index (χ2n) is 7.13. The molecule has 10 heteroatoms. The lowest BCUT2D eigenvalue weighted by molar-refractivity contribution is 0.556. The largest absolute Gasteiger partial charge is 0.357 e. The molecular formula is C21H27F3IN3O2S. The van der Waals surface area contributed by atoms with Crippen molar-refractivity contribution in [3.63, 3.8) is 0 Å². The van der Waals surface area contributed by atoms with E-state index in [9.17, 15) is 21.6 Å². The summed E-state index contributed by atoms with van der Waals surface area (Å²) in [6.07, 6.45) is 1.12. The minimum Gasteiger partial charge on any atom is -0.357 e. The maximum atomic E-state index is 14.0. The highest BCUT2D eigenvalue weighted by Gasteiger charge is 2.13. The van der Waals surface area contributed by atoms with Crippen LogP contribution in [0.2, 0.25) is 0 Å². The second kappa shape index (κ2) is 12.3. The number of hydrogen-bond donors (Lipinski definition) is 2. The van der Waals surface area contributed by atoms with Gasteiger partial charge >= 0.3 is 0 Å². The van der Waals surface area contributed by atoms with Crippen molar-refractivity contribution >= 4 is 39.8 Å². The molecule has 0 aliphatic heterocycles. The van der Waals surface area contributed by atoms with Crippen molar-refractivity contribution in [2.24, 2.45) is 4.99 Å². The number of halogens is 4. The van der Waals surface area contributed by atoms with E-state index in [0.29, 0.717) is 35.7 Å². The van der Waals surface area contributed by atoms with Gasteiger partial charge in [0.15, 0.2) is 15.8 Å². The number of benzene rings is 2. The molecule has 0 heterocycles. The third-order valence-electron chi connectivity index (χ3n) is 4.41. The Balaban J connectivity index is 0.00000480. The highest BCUT2D eigenvalue weighted by Crippen LogP contribution is 2.19. The molecule has 31 heavy (non-hydrogen) atoms. The van der Waals surface area contributed by atoms with Gasteiger partial charge in [0.25, 0.3) is 0 Å². The zero-order valence-corrected chi connectivity index (χ0v) is 20.7. The number of guanidine groups is 1. The molecule has 5 nitrogen and oxygen atoms in total. The molecule has 1 unspecified atom stereocenters. The summed E-state index contributed by atoms with van der Waals surface area (Å²) in [5.41, 5.74) is 1.33. The van der Waals surface area contributed by atoms with E-state index in [1.165, 1.54) is 30.3 Å². The molecule has 0 fully saturated rings. The van der Waals surface area contributed by atoms with Crippen molar-refractivity contribution in [1.29, 1.82) is 0 Å². The topological polar surface area (TPSA) is 70.6 Å². The first-order valence-corrected chi connectivity index (χ1v) is 11.6. The van der Waals surface area contributed by atoms with E-state index >= 15 is 0 Å². The van der Waals surface area contributed by atoms with Crippen LogP contribution in [0.1, 0.15) is 36.5 Å². The molecule has 0 saturated heterocycles. The summed E-state index contributed by atoms with van der Waals surface area (Å²) >= 11 is 0. The van der Waals surface area contributed by atoms with Gasteiger partial charge in [0.1, 0.15) is 17.5 Å². The third kappa shape index (κ3) is 9.06. The molecule has 0 aromatic heterocycles. The highest BCUT2D eigenvalue weighted by molar-refractivity contribution is 14.0. The van der Waals surface area contributed by atoms with Gasteiger partial charge in [-0.2, -0.15) is 0 Å². The third-order valence-corrected chi connectivity index (χ3v) is 5.24. The first-order valence-electron chi connectivity index (χ1n) is 9.51. The Morgan fingerprint density at radius 1 is 1.03 bits per heavy atom. The van der Waals surface area contributed by atoms with E-state index in [1.54, 1.807) is 6.92 Å². The van der Waals surface area contributed by atoms with E-state index in [2.05, 4.69) is 15.6 Å². The van der Waals surface area contributed by atoms with Gasteiger partial charge in [-0.25, -0.2) is 26.6 Å². The van der Waals surface area contributed by atoms with Gasteiger partial charge in [0.05, 0.1) is 12.3 Å². The van der Waals surface area contributed by atoms with Gasteiger partial charge in [-0.3, -0.25) is 0 Å². The smallest absolute Gasteiger partial charge is 0.191 e. The first kappa shape index (κ1) is 27.2. The Hall–Kier alpha value is -1.82. The lowest BCUT2D eigenvalue weighted by Crippen LogP contribution is -2.39. The molecule has 0 saturated carbocycles. The summed E-state index contributed by atoms with van der Waals surface area (Å²) in [4.78, 5) is 4.40. The van der Waals surface area contributed by atoms with Crippen LogP contribution in [0.25, 0.3) is 0 Å². The summed E-state index contributed by atoms with van der Waals surface area (Å²) in [5.74, 6) is -1.77. The Kier molecular flexibility index (Phi) is 10.8. The normalized spacial score (nSPS) is 12.8. The summed E-state index contributed by atoms with van der Waals surface area (Å²) in [6.45, 7) is 4.62. The van der Waals surface area contributed by atoms with Gasteiger partial charge in [-0.1, -0.05) is 19.1 Å². The summed E-state index contributed by atoms with van der Waals surface area (Å²) in [7, 11) is -3.28. The minimum atomic E-state index is -3.28. The van der Waals surface area contributed by atoms with Crippen molar-refractivity contribution in [1.82, 2.24) is 10.6 Å². The van der Waals surface area contributed by atoms with Gasteiger partial charge in [-0.05, 0) is 41.8 Å². The summed E-state index contributed by atoms with van der Waals surface area (Å²) in [5, 5.41) is 6.12. The van der Waals surface area contributed by atoms with Crippen LogP contribution < -0.4 is 10.6 Å². The van der Waals surface area contributed by atoms with Crippen LogP contribution in [0.5, 0.6) is 0 Å². The maximum Gasteiger partial charge on any atom is 0.191 e. The van der Waals surface area contributed by atoms with Crippen molar-refractivity contribution < 1.29 is 21.6 Å². The van der Waals surface area contributed by atoms with Crippen LogP contribution in [-0.2, 0) is 22.1 Å². The van der Waals surface area contributed by atoms with Gasteiger partial charge in [0, 0.05) is 31.3 Å². The van der Waals surface area contributed by atoms with E-state index in [0.717, 1.165) is 12.3 Å². The maximum absolute atomic E-state index is 14.0. The lowest BCUT2D eigenvalue weighted by atomic mass is 10.0. The fraction of sp³-hybridized carbons (Fsp3) is 0.381. The number of rotatable bonds is 8. The zero-order chi connectivity index (χ0) is 22.3. The Bertz CT molecular complexity index is 1020. The van der Waals surface area contributed by atoms with Crippen LogP contribution in [0.3, 0.4) is 0 Å². The van der Waals surface area contributed by atoms with E-state index in [4.69, 9.17) is 0 Å². The van der Waals surface area contributed by atoms with Crippen LogP contribution in [0, 0.1) is 17.5 Å². The molecule has 172 valence electrons. The Morgan fingerprint density at radius 2 is 1.68 bits per heavy atom. The van der Waals surface area contributed by atoms with Crippen LogP contribution in [0.15, 0.2) is 41.4 Å². The van der Waals surface area contributed by atoms with E-state index in [1.807, 2.05) is 6.92 Å².